The molecule has 1 aliphatic carbocycles. The summed E-state index contributed by atoms with van der Waals surface area (Å²) >= 11 is 0. The number of amides is 1. The number of pyridine rings is 1. The molecule has 0 aliphatic heterocycles. The van der Waals surface area contributed by atoms with Gasteiger partial charge in [0, 0.05) is 17.8 Å². The second-order valence-corrected chi connectivity index (χ2v) is 5.28. The van der Waals surface area contributed by atoms with Crippen LogP contribution in [0.15, 0.2) is 24.4 Å². The molecular formula is C17H18N2O2. The number of benzene rings is 1. The fourth-order valence-electron chi connectivity index (χ4n) is 3.16. The van der Waals surface area contributed by atoms with Gasteiger partial charge in [-0.25, -0.2) is 4.98 Å². The monoisotopic (exact) mass is 282 g/mol. The molecule has 1 N–H and O–H groups in total. The minimum atomic E-state index is 0.574. The molecule has 1 aromatic carbocycles. The first-order valence-electron chi connectivity index (χ1n) is 7.10. The molecule has 0 radical (unpaired) electrons. The van der Waals surface area contributed by atoms with E-state index in [-0.39, 0.29) is 0 Å². The summed E-state index contributed by atoms with van der Waals surface area (Å²) in [5.41, 5.74) is 6.78. The molecule has 0 unspecified atom stereocenters. The van der Waals surface area contributed by atoms with Gasteiger partial charge in [-0.1, -0.05) is 6.07 Å². The summed E-state index contributed by atoms with van der Waals surface area (Å²) in [5, 5.41) is 2.91. The minimum absolute atomic E-state index is 0.574. The van der Waals surface area contributed by atoms with E-state index in [1.54, 1.807) is 13.3 Å². The maximum Gasteiger partial charge on any atom is 0.213 e. The lowest BCUT2D eigenvalue weighted by Gasteiger charge is -2.17. The minimum Gasteiger partial charge on any atom is -0.481 e. The molecule has 0 saturated heterocycles. The van der Waals surface area contributed by atoms with E-state index in [1.807, 2.05) is 12.1 Å². The Labute approximate surface area is 124 Å². The zero-order valence-electron chi connectivity index (χ0n) is 12.3. The normalized spacial score (nSPS) is 12.9. The third kappa shape index (κ3) is 2.37. The van der Waals surface area contributed by atoms with Gasteiger partial charge in [0.15, 0.2) is 0 Å². The molecule has 21 heavy (non-hydrogen) atoms. The van der Waals surface area contributed by atoms with Crippen LogP contribution in [0.25, 0.3) is 11.1 Å². The van der Waals surface area contributed by atoms with Crippen LogP contribution in [0.5, 0.6) is 5.88 Å². The second kappa shape index (κ2) is 5.56. The number of rotatable bonds is 4. The van der Waals surface area contributed by atoms with E-state index in [4.69, 9.17) is 4.74 Å². The van der Waals surface area contributed by atoms with Crippen LogP contribution in [0.4, 0.5) is 5.69 Å². The number of nitrogens with zero attached hydrogens (tertiary/aromatic N) is 1. The maximum absolute atomic E-state index is 11.0. The molecular weight excluding hydrogens is 264 g/mol. The first-order valence-corrected chi connectivity index (χ1v) is 7.10. The van der Waals surface area contributed by atoms with E-state index in [1.165, 1.54) is 11.1 Å². The van der Waals surface area contributed by atoms with Crippen LogP contribution in [0, 0.1) is 6.92 Å². The Hall–Kier alpha value is -2.36. The van der Waals surface area contributed by atoms with Crippen molar-refractivity contribution in [3.63, 3.8) is 0 Å². The number of fused-ring (bicyclic) bond motifs is 1. The highest BCUT2D eigenvalue weighted by Gasteiger charge is 2.21. The molecule has 1 heterocycles. The quantitative estimate of drug-likeness (QED) is 0.877. The van der Waals surface area contributed by atoms with Gasteiger partial charge in [0.1, 0.15) is 0 Å². The SMILES string of the molecule is COc1cc(-c2c(C)cc3c(c2NC=O)CCC3)ccn1. The van der Waals surface area contributed by atoms with Crippen molar-refractivity contribution in [1.82, 2.24) is 4.98 Å². The molecule has 108 valence electrons. The number of ether oxygens (including phenoxy) is 1. The van der Waals surface area contributed by atoms with Crippen molar-refractivity contribution < 1.29 is 9.53 Å². The summed E-state index contributed by atoms with van der Waals surface area (Å²) in [7, 11) is 1.60. The van der Waals surface area contributed by atoms with Gasteiger partial charge in [0.05, 0.1) is 12.8 Å². The van der Waals surface area contributed by atoms with Crippen LogP contribution in [0.1, 0.15) is 23.1 Å². The Morgan fingerprint density at radius 1 is 1.33 bits per heavy atom. The summed E-state index contributed by atoms with van der Waals surface area (Å²) in [6.07, 6.45) is 5.73. The number of anilines is 1. The van der Waals surface area contributed by atoms with E-state index < -0.39 is 0 Å². The van der Waals surface area contributed by atoms with Crippen molar-refractivity contribution in [3.8, 4) is 17.0 Å². The average Bonchev–Trinajstić information content (AvgIpc) is 2.95. The van der Waals surface area contributed by atoms with Gasteiger partial charge in [-0.05, 0) is 54.5 Å². The van der Waals surface area contributed by atoms with Crippen LogP contribution < -0.4 is 10.1 Å². The third-order valence-corrected chi connectivity index (χ3v) is 4.03. The van der Waals surface area contributed by atoms with Gasteiger partial charge < -0.3 is 10.1 Å². The fraction of sp³-hybridized carbons (Fsp3) is 0.294. The van der Waals surface area contributed by atoms with Crippen LogP contribution in [-0.4, -0.2) is 18.5 Å². The lowest BCUT2D eigenvalue weighted by atomic mass is 9.93. The first kappa shape index (κ1) is 13.6. The Balaban J connectivity index is 2.23. The molecule has 1 aromatic heterocycles. The van der Waals surface area contributed by atoms with E-state index >= 15 is 0 Å². The molecule has 1 amide bonds. The maximum atomic E-state index is 11.0. The van der Waals surface area contributed by atoms with Gasteiger partial charge in [-0.3, -0.25) is 4.79 Å². The molecule has 4 nitrogen and oxygen atoms in total. The molecule has 0 spiro atoms. The number of hydrogen-bond donors (Lipinski definition) is 1. The molecule has 0 fully saturated rings. The lowest BCUT2D eigenvalue weighted by molar-refractivity contribution is -0.105. The molecule has 2 aromatic rings. The van der Waals surface area contributed by atoms with Crippen molar-refractivity contribution >= 4 is 12.1 Å². The van der Waals surface area contributed by atoms with Crippen LogP contribution in [0.3, 0.4) is 0 Å². The average molecular weight is 282 g/mol. The molecule has 4 heteroatoms. The van der Waals surface area contributed by atoms with Crippen LogP contribution >= 0.6 is 0 Å². The summed E-state index contributed by atoms with van der Waals surface area (Å²) in [5.74, 6) is 0.574. The Kier molecular flexibility index (Phi) is 3.60. The number of aromatic nitrogens is 1. The van der Waals surface area contributed by atoms with Crippen molar-refractivity contribution in [3.05, 3.63) is 41.1 Å². The third-order valence-electron chi connectivity index (χ3n) is 4.03. The summed E-state index contributed by atoms with van der Waals surface area (Å²) in [6.45, 7) is 2.08. The van der Waals surface area contributed by atoms with Crippen LogP contribution in [0.2, 0.25) is 0 Å². The Bertz CT molecular complexity index is 695. The van der Waals surface area contributed by atoms with Crippen molar-refractivity contribution in [1.29, 1.82) is 0 Å². The van der Waals surface area contributed by atoms with Gasteiger partial charge in [-0.2, -0.15) is 0 Å². The van der Waals surface area contributed by atoms with Gasteiger partial charge in [-0.15, -0.1) is 0 Å². The van der Waals surface area contributed by atoms with Crippen molar-refractivity contribution in [2.45, 2.75) is 26.2 Å². The fourth-order valence-corrected chi connectivity index (χ4v) is 3.16. The number of aryl methyl sites for hydroxylation is 2. The van der Waals surface area contributed by atoms with Gasteiger partial charge >= 0.3 is 0 Å². The van der Waals surface area contributed by atoms with E-state index in [0.29, 0.717) is 5.88 Å². The summed E-state index contributed by atoms with van der Waals surface area (Å²) in [6, 6.07) is 6.09. The number of carbonyl (C=O) groups excluding carboxylic acids is 1. The standard InChI is InChI=1S/C17H18N2O2/c1-11-8-12-4-3-5-14(12)17(19-10-20)16(11)13-6-7-18-15(9-13)21-2/h6-10H,3-5H2,1-2H3,(H,19,20). The summed E-state index contributed by atoms with van der Waals surface area (Å²) < 4.78 is 5.21. The first-order chi connectivity index (χ1) is 10.2. The topological polar surface area (TPSA) is 51.2 Å². The van der Waals surface area contributed by atoms with E-state index in [2.05, 4.69) is 23.3 Å². The Morgan fingerprint density at radius 3 is 2.95 bits per heavy atom. The molecule has 0 atom stereocenters. The largest absolute Gasteiger partial charge is 0.481 e. The smallest absolute Gasteiger partial charge is 0.213 e. The highest BCUT2D eigenvalue weighted by atomic mass is 16.5. The van der Waals surface area contributed by atoms with Gasteiger partial charge in [0.25, 0.3) is 0 Å². The predicted octanol–water partition coefficient (Wildman–Crippen LogP) is 3.12. The lowest BCUT2D eigenvalue weighted by Crippen LogP contribution is -2.03. The number of methoxy groups -OCH3 is 1. The summed E-state index contributed by atoms with van der Waals surface area (Å²) in [4.78, 5) is 15.2. The molecule has 0 saturated carbocycles. The van der Waals surface area contributed by atoms with Gasteiger partial charge in [0.2, 0.25) is 12.3 Å². The zero-order chi connectivity index (χ0) is 14.8. The van der Waals surface area contributed by atoms with E-state index in [9.17, 15) is 4.79 Å². The molecule has 3 rings (SSSR count). The second-order valence-electron chi connectivity index (χ2n) is 5.28. The highest BCUT2D eigenvalue weighted by Crippen LogP contribution is 2.40. The number of hydrogen-bond acceptors (Lipinski definition) is 3. The zero-order valence-corrected chi connectivity index (χ0v) is 12.3. The molecule has 0 bridgehead atoms. The number of nitrogens with one attached hydrogen (secondary N) is 1. The van der Waals surface area contributed by atoms with Crippen LogP contribution in [-0.2, 0) is 17.6 Å². The van der Waals surface area contributed by atoms with Crippen molar-refractivity contribution in [2.75, 3.05) is 12.4 Å². The number of carbonyl (C=O) groups is 1. The highest BCUT2D eigenvalue weighted by molar-refractivity contribution is 5.90. The Morgan fingerprint density at radius 2 is 2.19 bits per heavy atom. The van der Waals surface area contributed by atoms with E-state index in [0.717, 1.165) is 48.1 Å². The predicted molar refractivity (Wildman–Crippen MR) is 82.7 cm³/mol. The van der Waals surface area contributed by atoms with Crippen molar-refractivity contribution in [2.24, 2.45) is 0 Å². The molecule has 1 aliphatic rings.